The van der Waals surface area contributed by atoms with E-state index in [4.69, 9.17) is 14.2 Å². The number of rotatable bonds is 7. The summed E-state index contributed by atoms with van der Waals surface area (Å²) < 4.78 is 16.8. The van der Waals surface area contributed by atoms with Crippen molar-refractivity contribution in [2.45, 2.75) is 33.3 Å². The van der Waals surface area contributed by atoms with Crippen LogP contribution in [-0.2, 0) is 9.59 Å². The summed E-state index contributed by atoms with van der Waals surface area (Å²) in [7, 11) is 0. The van der Waals surface area contributed by atoms with Crippen molar-refractivity contribution in [1.29, 1.82) is 0 Å². The van der Waals surface area contributed by atoms with Crippen LogP contribution in [0.4, 0.5) is 11.4 Å². The van der Waals surface area contributed by atoms with E-state index >= 15 is 0 Å². The Bertz CT molecular complexity index is 881. The molecule has 3 rings (SSSR count). The minimum absolute atomic E-state index is 0.00327. The monoisotopic (exact) mass is 398 g/mol. The number of carbonyl (C=O) groups excluding carboxylic acids is 2. The number of para-hydroxylation sites is 2. The molecule has 0 spiro atoms. The Balaban J connectivity index is 1.65. The SMILES string of the molecule is CC(=O)N(CCC(=O)Nc1ccccc1OC(C)C)c1ccc2c(c1)OCCO2. The molecule has 7 nitrogen and oxygen atoms in total. The van der Waals surface area contributed by atoms with Crippen LogP contribution in [0.5, 0.6) is 17.2 Å². The number of hydrogen-bond donors (Lipinski definition) is 1. The third-order valence-corrected chi connectivity index (χ3v) is 4.30. The van der Waals surface area contributed by atoms with Crippen molar-refractivity contribution in [1.82, 2.24) is 0 Å². The van der Waals surface area contributed by atoms with Gasteiger partial charge in [0, 0.05) is 31.6 Å². The minimum atomic E-state index is -0.200. The van der Waals surface area contributed by atoms with Crippen LogP contribution < -0.4 is 24.4 Å². The highest BCUT2D eigenvalue weighted by Crippen LogP contribution is 2.34. The lowest BCUT2D eigenvalue weighted by Gasteiger charge is -2.24. The summed E-state index contributed by atoms with van der Waals surface area (Å²) in [5, 5.41) is 2.86. The van der Waals surface area contributed by atoms with E-state index in [1.807, 2.05) is 32.0 Å². The maximum absolute atomic E-state index is 12.5. The maximum Gasteiger partial charge on any atom is 0.226 e. The first-order valence-corrected chi connectivity index (χ1v) is 9.67. The molecule has 2 amide bonds. The normalized spacial score (nSPS) is 12.4. The summed E-state index contributed by atoms with van der Waals surface area (Å²) in [6.45, 7) is 6.55. The van der Waals surface area contributed by atoms with Gasteiger partial charge in [-0.15, -0.1) is 0 Å². The van der Waals surface area contributed by atoms with Gasteiger partial charge in [0.2, 0.25) is 11.8 Å². The molecule has 0 saturated carbocycles. The fourth-order valence-corrected chi connectivity index (χ4v) is 3.02. The van der Waals surface area contributed by atoms with Gasteiger partial charge in [-0.05, 0) is 38.1 Å². The Morgan fingerprint density at radius 3 is 2.55 bits per heavy atom. The Labute approximate surface area is 170 Å². The summed E-state index contributed by atoms with van der Waals surface area (Å²) >= 11 is 0. The first kappa shape index (κ1) is 20.5. The second-order valence-corrected chi connectivity index (χ2v) is 6.96. The summed E-state index contributed by atoms with van der Waals surface area (Å²) in [5.74, 6) is 1.52. The van der Waals surface area contributed by atoms with Crippen molar-refractivity contribution >= 4 is 23.2 Å². The summed E-state index contributed by atoms with van der Waals surface area (Å²) in [5.41, 5.74) is 1.28. The lowest BCUT2D eigenvalue weighted by molar-refractivity contribution is -0.117. The van der Waals surface area contributed by atoms with Crippen LogP contribution in [-0.4, -0.2) is 37.7 Å². The number of fused-ring (bicyclic) bond motifs is 1. The van der Waals surface area contributed by atoms with E-state index in [0.29, 0.717) is 41.8 Å². The van der Waals surface area contributed by atoms with E-state index in [0.717, 1.165) is 0 Å². The number of nitrogens with zero attached hydrogens (tertiary/aromatic N) is 1. The zero-order chi connectivity index (χ0) is 20.8. The molecular weight excluding hydrogens is 372 g/mol. The molecule has 1 aliphatic rings. The van der Waals surface area contributed by atoms with Gasteiger partial charge in [0.15, 0.2) is 11.5 Å². The topological polar surface area (TPSA) is 77.1 Å². The van der Waals surface area contributed by atoms with Gasteiger partial charge in [-0.3, -0.25) is 9.59 Å². The predicted octanol–water partition coefficient (Wildman–Crippen LogP) is 3.63. The average molecular weight is 398 g/mol. The largest absolute Gasteiger partial charge is 0.489 e. The number of nitrogens with one attached hydrogen (secondary N) is 1. The molecule has 0 aliphatic carbocycles. The van der Waals surface area contributed by atoms with Gasteiger partial charge in [-0.2, -0.15) is 0 Å². The van der Waals surface area contributed by atoms with E-state index in [-0.39, 0.29) is 30.9 Å². The van der Waals surface area contributed by atoms with E-state index in [1.165, 1.54) is 6.92 Å². The highest BCUT2D eigenvalue weighted by atomic mass is 16.6. The highest BCUT2D eigenvalue weighted by Gasteiger charge is 2.18. The van der Waals surface area contributed by atoms with Crippen molar-refractivity contribution in [3.05, 3.63) is 42.5 Å². The molecule has 0 atom stereocenters. The molecule has 154 valence electrons. The van der Waals surface area contributed by atoms with Crippen LogP contribution in [0, 0.1) is 0 Å². The molecule has 29 heavy (non-hydrogen) atoms. The Morgan fingerprint density at radius 2 is 1.83 bits per heavy atom. The first-order chi connectivity index (χ1) is 13.9. The number of carbonyl (C=O) groups is 2. The third kappa shape index (κ3) is 5.40. The zero-order valence-corrected chi connectivity index (χ0v) is 16.9. The minimum Gasteiger partial charge on any atom is -0.489 e. The van der Waals surface area contributed by atoms with E-state index in [1.54, 1.807) is 29.2 Å². The van der Waals surface area contributed by atoms with Gasteiger partial charge in [0.05, 0.1) is 11.8 Å². The zero-order valence-electron chi connectivity index (χ0n) is 16.9. The molecule has 0 saturated heterocycles. The van der Waals surface area contributed by atoms with Crippen LogP contribution in [0.15, 0.2) is 42.5 Å². The molecule has 1 aliphatic heterocycles. The van der Waals surface area contributed by atoms with Gasteiger partial charge in [0.25, 0.3) is 0 Å². The van der Waals surface area contributed by atoms with Gasteiger partial charge >= 0.3 is 0 Å². The smallest absolute Gasteiger partial charge is 0.226 e. The fourth-order valence-electron chi connectivity index (χ4n) is 3.02. The average Bonchev–Trinajstić information content (AvgIpc) is 2.69. The van der Waals surface area contributed by atoms with Crippen molar-refractivity contribution < 1.29 is 23.8 Å². The van der Waals surface area contributed by atoms with Crippen molar-refractivity contribution in [3.63, 3.8) is 0 Å². The van der Waals surface area contributed by atoms with Gasteiger partial charge in [-0.1, -0.05) is 12.1 Å². The number of anilines is 2. The fraction of sp³-hybridized carbons (Fsp3) is 0.364. The number of benzene rings is 2. The van der Waals surface area contributed by atoms with Gasteiger partial charge in [0.1, 0.15) is 19.0 Å². The molecule has 0 radical (unpaired) electrons. The van der Waals surface area contributed by atoms with Crippen LogP contribution in [0.1, 0.15) is 27.2 Å². The number of hydrogen-bond acceptors (Lipinski definition) is 5. The van der Waals surface area contributed by atoms with Crippen molar-refractivity contribution in [2.24, 2.45) is 0 Å². The number of amides is 2. The number of ether oxygens (including phenoxy) is 3. The van der Waals surface area contributed by atoms with Crippen LogP contribution >= 0.6 is 0 Å². The van der Waals surface area contributed by atoms with Gasteiger partial charge in [-0.25, -0.2) is 0 Å². The van der Waals surface area contributed by atoms with Crippen molar-refractivity contribution in [2.75, 3.05) is 30.0 Å². The highest BCUT2D eigenvalue weighted by molar-refractivity contribution is 5.95. The quantitative estimate of drug-likeness (QED) is 0.771. The van der Waals surface area contributed by atoms with Crippen LogP contribution in [0.3, 0.4) is 0 Å². The molecule has 2 aromatic carbocycles. The maximum atomic E-state index is 12.5. The second kappa shape index (κ2) is 9.32. The second-order valence-electron chi connectivity index (χ2n) is 6.96. The lowest BCUT2D eigenvalue weighted by atomic mass is 10.2. The van der Waals surface area contributed by atoms with Gasteiger partial charge < -0.3 is 24.4 Å². The molecular formula is C22H26N2O5. The predicted molar refractivity (Wildman–Crippen MR) is 111 cm³/mol. The first-order valence-electron chi connectivity index (χ1n) is 9.67. The van der Waals surface area contributed by atoms with Crippen LogP contribution in [0.2, 0.25) is 0 Å². The molecule has 0 fully saturated rings. The Hall–Kier alpha value is -3.22. The van der Waals surface area contributed by atoms with E-state index < -0.39 is 0 Å². The Kier molecular flexibility index (Phi) is 6.59. The molecule has 1 heterocycles. The Morgan fingerprint density at radius 1 is 1.10 bits per heavy atom. The standard InChI is InChI=1S/C22H26N2O5/c1-15(2)29-19-7-5-4-6-18(19)23-22(26)10-11-24(16(3)25)17-8-9-20-21(14-17)28-13-12-27-20/h4-9,14-15H,10-13H2,1-3H3,(H,23,26). The van der Waals surface area contributed by atoms with E-state index in [9.17, 15) is 9.59 Å². The summed E-state index contributed by atoms with van der Waals surface area (Å²) in [6, 6.07) is 12.6. The summed E-state index contributed by atoms with van der Waals surface area (Å²) in [4.78, 5) is 26.2. The molecule has 0 bridgehead atoms. The molecule has 2 aromatic rings. The molecule has 1 N–H and O–H groups in total. The molecule has 0 unspecified atom stereocenters. The summed E-state index contributed by atoms with van der Waals surface area (Å²) in [6.07, 6.45) is 0.140. The lowest BCUT2D eigenvalue weighted by Crippen LogP contribution is -2.32. The third-order valence-electron chi connectivity index (χ3n) is 4.30. The van der Waals surface area contributed by atoms with Crippen molar-refractivity contribution in [3.8, 4) is 17.2 Å². The van der Waals surface area contributed by atoms with E-state index in [2.05, 4.69) is 5.32 Å². The molecule has 0 aromatic heterocycles. The molecule has 7 heteroatoms. The van der Waals surface area contributed by atoms with Crippen LogP contribution in [0.25, 0.3) is 0 Å².